The van der Waals surface area contributed by atoms with E-state index in [1.807, 2.05) is 17.0 Å². The molecular formula is C15H14N4O2S. The molecular weight excluding hydrogens is 300 g/mol. The number of carbonyl (C=O) groups excluding carboxylic acids is 1. The van der Waals surface area contributed by atoms with Gasteiger partial charge in [-0.1, -0.05) is 11.3 Å². The highest BCUT2D eigenvalue weighted by Gasteiger charge is 2.25. The van der Waals surface area contributed by atoms with Crippen LogP contribution in [0.1, 0.15) is 10.6 Å². The molecule has 3 aromatic rings. The van der Waals surface area contributed by atoms with Crippen LogP contribution in [0.4, 0.5) is 5.13 Å². The summed E-state index contributed by atoms with van der Waals surface area (Å²) in [7, 11) is 0. The lowest BCUT2D eigenvalue weighted by molar-refractivity contribution is 0.0714. The number of rotatable bonds is 2. The number of pyridine rings is 1. The van der Waals surface area contributed by atoms with E-state index in [1.54, 1.807) is 29.7 Å². The molecule has 0 spiro atoms. The first-order chi connectivity index (χ1) is 10.8. The van der Waals surface area contributed by atoms with Crippen LogP contribution in [0.5, 0.6) is 0 Å². The number of furan rings is 1. The molecule has 0 aliphatic carbocycles. The molecule has 0 atom stereocenters. The van der Waals surface area contributed by atoms with Gasteiger partial charge < -0.3 is 14.2 Å². The van der Waals surface area contributed by atoms with E-state index in [2.05, 4.69) is 14.9 Å². The third-order valence-corrected chi connectivity index (χ3v) is 4.76. The molecule has 0 saturated carbocycles. The van der Waals surface area contributed by atoms with Crippen LogP contribution in [-0.4, -0.2) is 47.0 Å². The maximum atomic E-state index is 12.2. The van der Waals surface area contributed by atoms with Crippen LogP contribution in [0.3, 0.4) is 0 Å². The van der Waals surface area contributed by atoms with Crippen LogP contribution in [0, 0.1) is 0 Å². The number of nitrogens with zero attached hydrogens (tertiary/aromatic N) is 4. The SMILES string of the molecule is O=C(c1ccco1)N1CCN(c2nc3cccnc3s2)CC1. The van der Waals surface area contributed by atoms with Gasteiger partial charge in [-0.3, -0.25) is 4.79 Å². The van der Waals surface area contributed by atoms with Crippen molar-refractivity contribution < 1.29 is 9.21 Å². The Bertz CT molecular complexity index is 758. The number of piperazine rings is 1. The predicted molar refractivity (Wildman–Crippen MR) is 84.2 cm³/mol. The Morgan fingerprint density at radius 1 is 1.18 bits per heavy atom. The average molecular weight is 314 g/mol. The number of anilines is 1. The molecule has 0 bridgehead atoms. The zero-order valence-electron chi connectivity index (χ0n) is 11.8. The third kappa shape index (κ3) is 2.33. The fraction of sp³-hybridized carbons (Fsp3) is 0.267. The average Bonchev–Trinajstić information content (AvgIpc) is 3.23. The van der Waals surface area contributed by atoms with E-state index < -0.39 is 0 Å². The number of carbonyl (C=O) groups is 1. The van der Waals surface area contributed by atoms with Crippen molar-refractivity contribution in [3.63, 3.8) is 0 Å². The minimum atomic E-state index is -0.0457. The van der Waals surface area contributed by atoms with Crippen molar-refractivity contribution in [2.45, 2.75) is 0 Å². The Morgan fingerprint density at radius 2 is 2.05 bits per heavy atom. The number of aromatic nitrogens is 2. The first-order valence-electron chi connectivity index (χ1n) is 7.10. The van der Waals surface area contributed by atoms with E-state index in [-0.39, 0.29) is 5.91 Å². The molecule has 4 heterocycles. The number of thiazole rings is 1. The third-order valence-electron chi connectivity index (χ3n) is 3.72. The van der Waals surface area contributed by atoms with Crippen LogP contribution < -0.4 is 4.90 Å². The maximum absolute atomic E-state index is 12.2. The molecule has 6 nitrogen and oxygen atoms in total. The van der Waals surface area contributed by atoms with Crippen LogP contribution in [0.2, 0.25) is 0 Å². The van der Waals surface area contributed by atoms with Gasteiger partial charge in [0.1, 0.15) is 10.3 Å². The summed E-state index contributed by atoms with van der Waals surface area (Å²) >= 11 is 1.59. The number of amides is 1. The van der Waals surface area contributed by atoms with E-state index in [4.69, 9.17) is 4.42 Å². The Morgan fingerprint density at radius 3 is 2.77 bits per heavy atom. The van der Waals surface area contributed by atoms with Gasteiger partial charge in [-0.25, -0.2) is 9.97 Å². The normalized spacial score (nSPS) is 15.5. The topological polar surface area (TPSA) is 62.5 Å². The second-order valence-corrected chi connectivity index (χ2v) is 6.04. The summed E-state index contributed by atoms with van der Waals surface area (Å²) in [5.41, 5.74) is 0.927. The summed E-state index contributed by atoms with van der Waals surface area (Å²) in [4.78, 5) is 26.2. The van der Waals surface area contributed by atoms with Gasteiger partial charge in [0.25, 0.3) is 5.91 Å². The van der Waals surface area contributed by atoms with E-state index in [0.717, 1.165) is 28.6 Å². The van der Waals surface area contributed by atoms with Crippen LogP contribution in [0.25, 0.3) is 10.3 Å². The first-order valence-corrected chi connectivity index (χ1v) is 7.92. The molecule has 1 saturated heterocycles. The fourth-order valence-electron chi connectivity index (χ4n) is 2.55. The molecule has 22 heavy (non-hydrogen) atoms. The highest BCUT2D eigenvalue weighted by Crippen LogP contribution is 2.27. The summed E-state index contributed by atoms with van der Waals surface area (Å²) in [6.07, 6.45) is 3.31. The van der Waals surface area contributed by atoms with Gasteiger partial charge in [0.2, 0.25) is 0 Å². The largest absolute Gasteiger partial charge is 0.459 e. The molecule has 1 aliphatic heterocycles. The Labute approximate surface area is 131 Å². The van der Waals surface area contributed by atoms with Gasteiger partial charge in [-0.05, 0) is 24.3 Å². The summed E-state index contributed by atoms with van der Waals surface area (Å²) in [6, 6.07) is 7.30. The Hall–Kier alpha value is -2.41. The summed E-state index contributed by atoms with van der Waals surface area (Å²) < 4.78 is 5.18. The van der Waals surface area contributed by atoms with Crippen molar-refractivity contribution in [3.05, 3.63) is 42.5 Å². The molecule has 4 rings (SSSR count). The molecule has 0 N–H and O–H groups in total. The van der Waals surface area contributed by atoms with Gasteiger partial charge >= 0.3 is 0 Å². The lowest BCUT2D eigenvalue weighted by Crippen LogP contribution is -2.48. The highest BCUT2D eigenvalue weighted by atomic mass is 32.1. The van der Waals surface area contributed by atoms with E-state index in [0.29, 0.717) is 18.8 Å². The van der Waals surface area contributed by atoms with Crippen molar-refractivity contribution in [2.75, 3.05) is 31.1 Å². The lowest BCUT2D eigenvalue weighted by atomic mass is 10.3. The van der Waals surface area contributed by atoms with Crippen molar-refractivity contribution >= 4 is 32.7 Å². The Balaban J connectivity index is 1.46. The van der Waals surface area contributed by atoms with Gasteiger partial charge in [0.05, 0.1) is 6.26 Å². The minimum Gasteiger partial charge on any atom is -0.459 e. The number of hydrogen-bond acceptors (Lipinski definition) is 6. The highest BCUT2D eigenvalue weighted by molar-refractivity contribution is 7.21. The van der Waals surface area contributed by atoms with Crippen LogP contribution in [-0.2, 0) is 0 Å². The molecule has 7 heteroatoms. The number of fused-ring (bicyclic) bond motifs is 1. The molecule has 1 fully saturated rings. The molecule has 0 aromatic carbocycles. The number of hydrogen-bond donors (Lipinski definition) is 0. The fourth-order valence-corrected chi connectivity index (χ4v) is 3.51. The second-order valence-electron chi connectivity index (χ2n) is 5.08. The summed E-state index contributed by atoms with van der Waals surface area (Å²) in [6.45, 7) is 2.88. The molecule has 0 radical (unpaired) electrons. The minimum absolute atomic E-state index is 0.0457. The van der Waals surface area contributed by atoms with Crippen molar-refractivity contribution in [1.29, 1.82) is 0 Å². The van der Waals surface area contributed by atoms with Gasteiger partial charge in [0, 0.05) is 32.4 Å². The zero-order chi connectivity index (χ0) is 14.9. The first kappa shape index (κ1) is 13.3. The quantitative estimate of drug-likeness (QED) is 0.726. The van der Waals surface area contributed by atoms with Crippen molar-refractivity contribution in [3.8, 4) is 0 Å². The van der Waals surface area contributed by atoms with Crippen LogP contribution >= 0.6 is 11.3 Å². The monoisotopic (exact) mass is 314 g/mol. The summed E-state index contributed by atoms with van der Waals surface area (Å²) in [5.74, 6) is 0.355. The standard InChI is InChI=1S/C15H14N4O2S/c20-14(12-4-2-10-21-12)18-6-8-19(9-7-18)15-17-11-3-1-5-16-13(11)22-15/h1-5,10H,6-9H2. The van der Waals surface area contributed by atoms with E-state index in [9.17, 15) is 4.79 Å². The lowest BCUT2D eigenvalue weighted by Gasteiger charge is -2.34. The van der Waals surface area contributed by atoms with Crippen LogP contribution in [0.15, 0.2) is 41.1 Å². The molecule has 0 unspecified atom stereocenters. The van der Waals surface area contributed by atoms with E-state index in [1.165, 1.54) is 6.26 Å². The second kappa shape index (κ2) is 5.42. The predicted octanol–water partition coefficient (Wildman–Crippen LogP) is 2.25. The van der Waals surface area contributed by atoms with Gasteiger partial charge in [-0.15, -0.1) is 0 Å². The summed E-state index contributed by atoms with van der Waals surface area (Å²) in [5, 5.41) is 0.971. The maximum Gasteiger partial charge on any atom is 0.289 e. The Kier molecular flexibility index (Phi) is 3.27. The molecule has 3 aromatic heterocycles. The smallest absolute Gasteiger partial charge is 0.289 e. The molecule has 1 aliphatic rings. The van der Waals surface area contributed by atoms with E-state index >= 15 is 0 Å². The van der Waals surface area contributed by atoms with Gasteiger partial charge in [0.15, 0.2) is 10.9 Å². The van der Waals surface area contributed by atoms with Gasteiger partial charge in [-0.2, -0.15) is 0 Å². The van der Waals surface area contributed by atoms with Crippen molar-refractivity contribution in [1.82, 2.24) is 14.9 Å². The molecule has 1 amide bonds. The van der Waals surface area contributed by atoms with Crippen molar-refractivity contribution in [2.24, 2.45) is 0 Å². The zero-order valence-corrected chi connectivity index (χ0v) is 12.6. The molecule has 112 valence electrons.